The third-order valence-electron chi connectivity index (χ3n) is 6.32. The molecule has 0 radical (unpaired) electrons. The van der Waals surface area contributed by atoms with E-state index in [0.29, 0.717) is 0 Å². The van der Waals surface area contributed by atoms with Crippen LogP contribution in [-0.2, 0) is 5.41 Å². The second kappa shape index (κ2) is 5.57. The van der Waals surface area contributed by atoms with Crippen molar-refractivity contribution >= 4 is 10.8 Å². The summed E-state index contributed by atoms with van der Waals surface area (Å²) in [5.74, 6) is 0. The molecule has 5 rings (SSSR count). The average Bonchev–Trinajstić information content (AvgIpc) is 2.89. The number of aryl methyl sites for hydroxylation is 2. The Bertz CT molecular complexity index is 1210. The zero-order valence-corrected chi connectivity index (χ0v) is 16.4. The molecule has 132 valence electrons. The Morgan fingerprint density at radius 3 is 2.15 bits per heavy atom. The molecule has 0 amide bonds. The Kier molecular flexibility index (Phi) is 3.37. The lowest BCUT2D eigenvalue weighted by Gasteiger charge is -2.24. The second-order valence-corrected chi connectivity index (χ2v) is 8.36. The number of rotatable bonds is 1. The van der Waals surface area contributed by atoms with Gasteiger partial charge in [0.05, 0.1) is 0 Å². The van der Waals surface area contributed by atoms with Crippen molar-refractivity contribution in [3.05, 3.63) is 95.1 Å². The monoisotopic (exact) mass is 348 g/mol. The molecule has 0 nitrogen and oxygen atoms in total. The molecule has 0 aromatic heterocycles. The molecule has 0 bridgehead atoms. The van der Waals surface area contributed by atoms with E-state index in [1.807, 2.05) is 0 Å². The number of benzene rings is 4. The highest BCUT2D eigenvalue weighted by atomic mass is 14.4. The maximum atomic E-state index is 2.43. The fraction of sp³-hybridized carbons (Fsp3) is 0.185. The van der Waals surface area contributed by atoms with Gasteiger partial charge in [-0.25, -0.2) is 0 Å². The second-order valence-electron chi connectivity index (χ2n) is 8.36. The van der Waals surface area contributed by atoms with Gasteiger partial charge in [-0.1, -0.05) is 80.6 Å². The summed E-state index contributed by atoms with van der Waals surface area (Å²) < 4.78 is 0. The molecular weight excluding hydrogens is 324 g/mol. The molecule has 0 heteroatoms. The highest BCUT2D eigenvalue weighted by Gasteiger charge is 2.37. The Labute approximate surface area is 161 Å². The van der Waals surface area contributed by atoms with Crippen LogP contribution < -0.4 is 0 Å². The molecule has 0 aliphatic heterocycles. The third kappa shape index (κ3) is 2.23. The van der Waals surface area contributed by atoms with Gasteiger partial charge in [-0.3, -0.25) is 0 Å². The minimum absolute atomic E-state index is 0.0144. The van der Waals surface area contributed by atoms with Crippen molar-refractivity contribution in [1.82, 2.24) is 0 Å². The van der Waals surface area contributed by atoms with Gasteiger partial charge in [0, 0.05) is 5.41 Å². The van der Waals surface area contributed by atoms with Crippen molar-refractivity contribution in [3.63, 3.8) is 0 Å². The van der Waals surface area contributed by atoms with Gasteiger partial charge in [-0.2, -0.15) is 0 Å². The van der Waals surface area contributed by atoms with Crippen LogP contribution in [0.4, 0.5) is 0 Å². The number of fused-ring (bicyclic) bond motifs is 5. The molecule has 0 spiro atoms. The molecule has 0 unspecified atom stereocenters. The summed E-state index contributed by atoms with van der Waals surface area (Å²) in [7, 11) is 0. The molecule has 1 aliphatic carbocycles. The maximum Gasteiger partial charge on any atom is 0.0165 e. The standard InChI is InChI=1S/C27H24/c1-17-9-5-7-11-20(17)23-16-24-22-14-13-19-10-6-8-12-21(19)26(22)27(3,4)25(24)15-18(23)2/h5-16H,1-4H3. The summed E-state index contributed by atoms with van der Waals surface area (Å²) in [6, 6.07) is 26.9. The van der Waals surface area contributed by atoms with Crippen molar-refractivity contribution in [2.24, 2.45) is 0 Å². The fourth-order valence-corrected chi connectivity index (χ4v) is 4.92. The normalized spacial score (nSPS) is 14.2. The molecule has 4 aromatic carbocycles. The summed E-state index contributed by atoms with van der Waals surface area (Å²) in [6.45, 7) is 9.20. The van der Waals surface area contributed by atoms with Crippen LogP contribution in [0.25, 0.3) is 33.0 Å². The predicted octanol–water partition coefficient (Wildman–Crippen LogP) is 7.43. The molecule has 0 N–H and O–H groups in total. The summed E-state index contributed by atoms with van der Waals surface area (Å²) >= 11 is 0. The average molecular weight is 348 g/mol. The van der Waals surface area contributed by atoms with Gasteiger partial charge in [0.25, 0.3) is 0 Å². The molecule has 0 fully saturated rings. The van der Waals surface area contributed by atoms with Crippen LogP contribution in [0.5, 0.6) is 0 Å². The van der Waals surface area contributed by atoms with E-state index in [-0.39, 0.29) is 5.41 Å². The van der Waals surface area contributed by atoms with Crippen LogP contribution in [0.15, 0.2) is 72.8 Å². The Morgan fingerprint density at radius 1 is 0.593 bits per heavy atom. The van der Waals surface area contributed by atoms with Gasteiger partial charge in [0.2, 0.25) is 0 Å². The summed E-state index contributed by atoms with van der Waals surface area (Å²) in [5.41, 5.74) is 11.1. The van der Waals surface area contributed by atoms with E-state index in [1.165, 1.54) is 55.3 Å². The minimum atomic E-state index is 0.0144. The van der Waals surface area contributed by atoms with Gasteiger partial charge in [-0.15, -0.1) is 0 Å². The van der Waals surface area contributed by atoms with Crippen molar-refractivity contribution in [2.75, 3.05) is 0 Å². The summed E-state index contributed by atoms with van der Waals surface area (Å²) in [5, 5.41) is 2.71. The first-order valence-corrected chi connectivity index (χ1v) is 9.72. The molecule has 0 atom stereocenters. The quantitative estimate of drug-likeness (QED) is 0.335. The molecule has 0 saturated carbocycles. The first-order valence-electron chi connectivity index (χ1n) is 9.72. The van der Waals surface area contributed by atoms with Crippen LogP contribution in [0, 0.1) is 13.8 Å². The topological polar surface area (TPSA) is 0 Å². The molecule has 1 aliphatic rings. The van der Waals surface area contributed by atoms with E-state index < -0.39 is 0 Å². The highest BCUT2D eigenvalue weighted by molar-refractivity contribution is 5.98. The first kappa shape index (κ1) is 16.3. The van der Waals surface area contributed by atoms with Crippen LogP contribution in [0.3, 0.4) is 0 Å². The Hall–Kier alpha value is -2.86. The first-order chi connectivity index (χ1) is 13.0. The summed E-state index contributed by atoms with van der Waals surface area (Å²) in [6.07, 6.45) is 0. The van der Waals surface area contributed by atoms with Crippen LogP contribution >= 0.6 is 0 Å². The molecular formula is C27H24. The lowest BCUT2D eigenvalue weighted by Crippen LogP contribution is -2.15. The molecule has 27 heavy (non-hydrogen) atoms. The lowest BCUT2D eigenvalue weighted by atomic mass is 9.79. The predicted molar refractivity (Wildman–Crippen MR) is 116 cm³/mol. The van der Waals surface area contributed by atoms with E-state index in [1.54, 1.807) is 0 Å². The SMILES string of the molecule is Cc1ccccc1-c1cc2c(cc1C)C(C)(C)c1c-2ccc2ccccc12. The van der Waals surface area contributed by atoms with Crippen LogP contribution in [0.1, 0.15) is 36.1 Å². The zero-order chi connectivity index (χ0) is 18.8. The Morgan fingerprint density at radius 2 is 1.33 bits per heavy atom. The molecule has 0 heterocycles. The molecule has 0 saturated heterocycles. The van der Waals surface area contributed by atoms with Gasteiger partial charge in [-0.05, 0) is 75.2 Å². The maximum absolute atomic E-state index is 2.43. The van der Waals surface area contributed by atoms with E-state index in [4.69, 9.17) is 0 Å². The van der Waals surface area contributed by atoms with Crippen molar-refractivity contribution in [2.45, 2.75) is 33.1 Å². The zero-order valence-electron chi connectivity index (χ0n) is 16.4. The number of hydrogen-bond donors (Lipinski definition) is 0. The largest absolute Gasteiger partial charge is 0.0620 e. The lowest BCUT2D eigenvalue weighted by molar-refractivity contribution is 0.665. The van der Waals surface area contributed by atoms with Crippen LogP contribution in [0.2, 0.25) is 0 Å². The van der Waals surface area contributed by atoms with E-state index >= 15 is 0 Å². The van der Waals surface area contributed by atoms with E-state index in [0.717, 1.165) is 0 Å². The van der Waals surface area contributed by atoms with E-state index in [9.17, 15) is 0 Å². The van der Waals surface area contributed by atoms with Crippen molar-refractivity contribution < 1.29 is 0 Å². The van der Waals surface area contributed by atoms with Gasteiger partial charge in [0.1, 0.15) is 0 Å². The summed E-state index contributed by atoms with van der Waals surface area (Å²) in [4.78, 5) is 0. The smallest absolute Gasteiger partial charge is 0.0165 e. The molecule has 4 aromatic rings. The van der Waals surface area contributed by atoms with Crippen molar-refractivity contribution in [1.29, 1.82) is 0 Å². The highest BCUT2D eigenvalue weighted by Crippen LogP contribution is 2.52. The van der Waals surface area contributed by atoms with E-state index in [2.05, 4.69) is 100 Å². The van der Waals surface area contributed by atoms with Gasteiger partial charge < -0.3 is 0 Å². The van der Waals surface area contributed by atoms with Crippen molar-refractivity contribution in [3.8, 4) is 22.3 Å². The van der Waals surface area contributed by atoms with Gasteiger partial charge >= 0.3 is 0 Å². The number of hydrogen-bond acceptors (Lipinski definition) is 0. The van der Waals surface area contributed by atoms with Crippen LogP contribution in [-0.4, -0.2) is 0 Å². The minimum Gasteiger partial charge on any atom is -0.0620 e. The Balaban J connectivity index is 1.85. The fourth-order valence-electron chi connectivity index (χ4n) is 4.92. The van der Waals surface area contributed by atoms with Gasteiger partial charge in [0.15, 0.2) is 0 Å². The third-order valence-corrected chi connectivity index (χ3v) is 6.32.